The van der Waals surface area contributed by atoms with Crippen LogP contribution in [0.25, 0.3) is 0 Å². The van der Waals surface area contributed by atoms with Gasteiger partial charge in [0.15, 0.2) is 0 Å². The fraction of sp³-hybridized carbons (Fsp3) is 0.588. The highest BCUT2D eigenvalue weighted by Gasteiger charge is 2.46. The Labute approximate surface area is 133 Å². The molecule has 3 rings (SSSR count). The molecule has 0 bridgehead atoms. The van der Waals surface area contributed by atoms with E-state index in [4.69, 9.17) is 0 Å². The number of carbonyl (C=O) groups is 1. The van der Waals surface area contributed by atoms with Crippen molar-refractivity contribution >= 4 is 18.3 Å². The number of hydrogen-bond acceptors (Lipinski definition) is 2. The van der Waals surface area contributed by atoms with E-state index in [0.29, 0.717) is 6.04 Å². The summed E-state index contributed by atoms with van der Waals surface area (Å²) >= 11 is 0. The van der Waals surface area contributed by atoms with E-state index in [9.17, 15) is 4.79 Å². The molecule has 2 unspecified atom stereocenters. The molecule has 2 N–H and O–H groups in total. The average Bonchev–Trinajstić information content (AvgIpc) is 2.41. The van der Waals surface area contributed by atoms with Crippen LogP contribution in [-0.2, 0) is 10.2 Å². The highest BCUT2D eigenvalue weighted by molar-refractivity contribution is 5.89. The smallest absolute Gasteiger partial charge is 0.230 e. The highest BCUT2D eigenvalue weighted by atomic mass is 35.5. The molecule has 3 nitrogen and oxygen atoms in total. The van der Waals surface area contributed by atoms with Crippen molar-refractivity contribution in [1.82, 2.24) is 10.6 Å². The van der Waals surface area contributed by atoms with Crippen LogP contribution < -0.4 is 10.6 Å². The molecule has 1 aromatic carbocycles. The van der Waals surface area contributed by atoms with Gasteiger partial charge in [0, 0.05) is 12.1 Å². The Bertz CT molecular complexity index is 473. The summed E-state index contributed by atoms with van der Waals surface area (Å²) in [5.41, 5.74) is 0.915. The van der Waals surface area contributed by atoms with Gasteiger partial charge >= 0.3 is 0 Å². The summed E-state index contributed by atoms with van der Waals surface area (Å²) in [5, 5.41) is 6.76. The summed E-state index contributed by atoms with van der Waals surface area (Å²) in [6.07, 6.45) is 5.36. The van der Waals surface area contributed by atoms with Gasteiger partial charge in [0.1, 0.15) is 0 Å². The SMILES string of the molecule is CC1NCCCC1NC(=O)C1(c2ccccc2)CCC1.Cl. The van der Waals surface area contributed by atoms with Crippen molar-refractivity contribution in [2.75, 3.05) is 6.54 Å². The second kappa shape index (κ2) is 6.80. The average molecular weight is 309 g/mol. The number of amides is 1. The molecule has 2 fully saturated rings. The normalized spacial score (nSPS) is 27.1. The third-order valence-electron chi connectivity index (χ3n) is 5.05. The van der Waals surface area contributed by atoms with Crippen LogP contribution in [0.2, 0.25) is 0 Å². The molecule has 1 aliphatic carbocycles. The van der Waals surface area contributed by atoms with E-state index in [1.54, 1.807) is 0 Å². The third kappa shape index (κ3) is 3.09. The van der Waals surface area contributed by atoms with Gasteiger partial charge in [-0.05, 0) is 44.7 Å². The molecule has 1 aliphatic heterocycles. The van der Waals surface area contributed by atoms with Gasteiger partial charge < -0.3 is 10.6 Å². The van der Waals surface area contributed by atoms with Crippen LogP contribution in [-0.4, -0.2) is 24.5 Å². The zero-order valence-electron chi connectivity index (χ0n) is 12.6. The van der Waals surface area contributed by atoms with E-state index in [2.05, 4.69) is 29.7 Å². The minimum atomic E-state index is -0.265. The minimum absolute atomic E-state index is 0. The standard InChI is InChI=1S/C17H24N2O.ClH/c1-13-15(9-5-12-18-13)19-16(20)17(10-6-11-17)14-7-3-2-4-8-14;/h2-4,7-8,13,15,18H,5-6,9-12H2,1H3,(H,19,20);1H. The molecule has 0 radical (unpaired) electrons. The summed E-state index contributed by atoms with van der Waals surface area (Å²) in [4.78, 5) is 12.8. The lowest BCUT2D eigenvalue weighted by atomic mass is 9.63. The molecular formula is C17H25ClN2O. The number of piperidine rings is 1. The lowest BCUT2D eigenvalue weighted by Crippen LogP contribution is -2.58. The van der Waals surface area contributed by atoms with E-state index < -0.39 is 0 Å². The van der Waals surface area contributed by atoms with E-state index in [0.717, 1.165) is 38.6 Å². The van der Waals surface area contributed by atoms with Gasteiger partial charge in [0.2, 0.25) is 5.91 Å². The molecule has 0 aromatic heterocycles. The maximum absolute atomic E-state index is 12.8. The van der Waals surface area contributed by atoms with Crippen molar-refractivity contribution in [2.45, 2.75) is 56.5 Å². The molecule has 1 aromatic rings. The number of benzene rings is 1. The number of nitrogens with one attached hydrogen (secondary N) is 2. The second-order valence-corrected chi connectivity index (χ2v) is 6.27. The predicted octanol–water partition coefficient (Wildman–Crippen LogP) is 2.79. The highest BCUT2D eigenvalue weighted by Crippen LogP contribution is 2.44. The molecule has 4 heteroatoms. The molecule has 116 valence electrons. The molecule has 21 heavy (non-hydrogen) atoms. The molecule has 2 atom stereocenters. The van der Waals surface area contributed by atoms with Crippen LogP contribution in [0.15, 0.2) is 30.3 Å². The van der Waals surface area contributed by atoms with Gasteiger partial charge in [0.05, 0.1) is 5.41 Å². The first-order valence-electron chi connectivity index (χ1n) is 7.82. The Hall–Kier alpha value is -1.06. The first-order valence-corrected chi connectivity index (χ1v) is 7.82. The lowest BCUT2D eigenvalue weighted by Gasteiger charge is -2.43. The Balaban J connectivity index is 0.00000161. The number of hydrogen-bond donors (Lipinski definition) is 2. The quantitative estimate of drug-likeness (QED) is 0.901. The Morgan fingerprint density at radius 1 is 1.24 bits per heavy atom. The summed E-state index contributed by atoms with van der Waals surface area (Å²) < 4.78 is 0. The molecule has 1 heterocycles. The molecule has 0 spiro atoms. The van der Waals surface area contributed by atoms with Gasteiger partial charge in [-0.1, -0.05) is 36.8 Å². The zero-order valence-corrected chi connectivity index (χ0v) is 13.4. The van der Waals surface area contributed by atoms with E-state index in [1.807, 2.05) is 18.2 Å². The third-order valence-corrected chi connectivity index (χ3v) is 5.05. The summed E-state index contributed by atoms with van der Waals surface area (Å²) in [6.45, 7) is 3.23. The molecular weight excluding hydrogens is 284 g/mol. The Morgan fingerprint density at radius 2 is 1.95 bits per heavy atom. The monoisotopic (exact) mass is 308 g/mol. The molecule has 2 aliphatic rings. The zero-order chi connectivity index (χ0) is 14.0. The van der Waals surface area contributed by atoms with Crippen LogP contribution in [0.1, 0.15) is 44.6 Å². The Morgan fingerprint density at radius 3 is 2.52 bits per heavy atom. The van der Waals surface area contributed by atoms with Crippen LogP contribution in [0.3, 0.4) is 0 Å². The van der Waals surface area contributed by atoms with Crippen LogP contribution in [0.5, 0.6) is 0 Å². The van der Waals surface area contributed by atoms with Gasteiger partial charge in [-0.15, -0.1) is 12.4 Å². The fourth-order valence-corrected chi connectivity index (χ4v) is 3.48. The van der Waals surface area contributed by atoms with E-state index in [1.165, 1.54) is 5.56 Å². The van der Waals surface area contributed by atoms with Crippen molar-refractivity contribution in [3.63, 3.8) is 0 Å². The largest absolute Gasteiger partial charge is 0.351 e. The first-order chi connectivity index (χ1) is 9.72. The Kier molecular flexibility index (Phi) is 5.28. The van der Waals surface area contributed by atoms with Gasteiger partial charge in [-0.2, -0.15) is 0 Å². The number of rotatable bonds is 3. The molecule has 1 amide bonds. The lowest BCUT2D eigenvalue weighted by molar-refractivity contribution is -0.131. The summed E-state index contributed by atoms with van der Waals surface area (Å²) in [6, 6.07) is 10.9. The van der Waals surface area contributed by atoms with Gasteiger partial charge in [-0.25, -0.2) is 0 Å². The van der Waals surface area contributed by atoms with Crippen molar-refractivity contribution in [3.05, 3.63) is 35.9 Å². The van der Waals surface area contributed by atoms with Crippen molar-refractivity contribution in [1.29, 1.82) is 0 Å². The van der Waals surface area contributed by atoms with Crippen LogP contribution in [0, 0.1) is 0 Å². The van der Waals surface area contributed by atoms with Crippen LogP contribution >= 0.6 is 12.4 Å². The van der Waals surface area contributed by atoms with Gasteiger partial charge in [-0.3, -0.25) is 4.79 Å². The van der Waals surface area contributed by atoms with E-state index >= 15 is 0 Å². The minimum Gasteiger partial charge on any atom is -0.351 e. The topological polar surface area (TPSA) is 41.1 Å². The maximum Gasteiger partial charge on any atom is 0.230 e. The van der Waals surface area contributed by atoms with Gasteiger partial charge in [0.25, 0.3) is 0 Å². The molecule has 1 saturated carbocycles. The first kappa shape index (κ1) is 16.3. The van der Waals surface area contributed by atoms with Crippen molar-refractivity contribution in [3.8, 4) is 0 Å². The number of halogens is 1. The maximum atomic E-state index is 12.8. The number of carbonyl (C=O) groups excluding carboxylic acids is 1. The van der Waals surface area contributed by atoms with E-state index in [-0.39, 0.29) is 29.8 Å². The second-order valence-electron chi connectivity index (χ2n) is 6.27. The summed E-state index contributed by atoms with van der Waals surface area (Å²) in [7, 11) is 0. The summed E-state index contributed by atoms with van der Waals surface area (Å²) in [5.74, 6) is 0.232. The van der Waals surface area contributed by atoms with Crippen molar-refractivity contribution < 1.29 is 4.79 Å². The predicted molar refractivity (Wildman–Crippen MR) is 87.8 cm³/mol. The van der Waals surface area contributed by atoms with Crippen LogP contribution in [0.4, 0.5) is 0 Å². The van der Waals surface area contributed by atoms with Crippen molar-refractivity contribution in [2.24, 2.45) is 0 Å². The fourth-order valence-electron chi connectivity index (χ4n) is 3.48. The molecule has 1 saturated heterocycles.